The highest BCUT2D eigenvalue weighted by molar-refractivity contribution is 6.41. The molecule has 0 atom stereocenters. The van der Waals surface area contributed by atoms with E-state index in [1.165, 1.54) is 26.5 Å². The lowest BCUT2D eigenvalue weighted by molar-refractivity contribution is 0.0698. The highest BCUT2D eigenvalue weighted by Crippen LogP contribution is 2.47. The first-order valence-corrected chi connectivity index (χ1v) is 12.7. The molecule has 10 nitrogen and oxygen atoms in total. The molecule has 0 spiro atoms. The Morgan fingerprint density at radius 3 is 2.23 bits per heavy atom. The fourth-order valence-electron chi connectivity index (χ4n) is 3.93. The molecule has 0 aliphatic rings. The number of aromatic amines is 1. The summed E-state index contributed by atoms with van der Waals surface area (Å²) in [4.78, 5) is 35.5. The molecule has 2 heterocycles. The Balaban J connectivity index is 0.000000255. The number of H-pyrrole nitrogens is 1. The van der Waals surface area contributed by atoms with Gasteiger partial charge in [0, 0.05) is 36.0 Å². The topological polar surface area (TPSA) is 144 Å². The van der Waals surface area contributed by atoms with Gasteiger partial charge in [-0.15, -0.1) is 0 Å². The molecular weight excluding hydrogens is 545 g/mol. The average Bonchev–Trinajstić information content (AvgIpc) is 3.41. The molecule has 0 aliphatic heterocycles. The van der Waals surface area contributed by atoms with Crippen LogP contribution in [-0.2, 0) is 6.54 Å². The average molecular weight is 574 g/mol. The first-order chi connectivity index (χ1) is 18.7. The molecule has 0 unspecified atom stereocenters. The van der Waals surface area contributed by atoms with Crippen LogP contribution in [0.1, 0.15) is 40.5 Å². The van der Waals surface area contributed by atoms with Gasteiger partial charge in [0.2, 0.25) is 0 Å². The number of nitrogens with one attached hydrogen (secondary N) is 1. The number of imidazole rings is 1. The third kappa shape index (κ3) is 6.59. The SMILES string of the molecule is CCN(CC)Cc1c[nH]c(C(N)=O)n1.COc1cc(OC)c(Cl)c(-c2ccc(C(=O)O)c3ncccc23)c1Cl. The van der Waals surface area contributed by atoms with Gasteiger partial charge < -0.3 is 25.3 Å². The van der Waals surface area contributed by atoms with E-state index in [0.29, 0.717) is 43.6 Å². The minimum atomic E-state index is -1.06. The Morgan fingerprint density at radius 1 is 1.08 bits per heavy atom. The van der Waals surface area contributed by atoms with Gasteiger partial charge in [-0.25, -0.2) is 9.78 Å². The third-order valence-corrected chi connectivity index (χ3v) is 6.74. The minimum Gasteiger partial charge on any atom is -0.495 e. The molecule has 1 amide bonds. The van der Waals surface area contributed by atoms with Gasteiger partial charge in [0.15, 0.2) is 5.82 Å². The molecule has 0 saturated heterocycles. The number of nitrogens with zero attached hydrogens (tertiary/aromatic N) is 3. The number of methoxy groups -OCH3 is 2. The fourth-order valence-corrected chi connectivity index (χ4v) is 4.63. The van der Waals surface area contributed by atoms with Crippen molar-refractivity contribution >= 4 is 46.0 Å². The fraction of sp³-hybridized carbons (Fsp3) is 0.259. The second kappa shape index (κ2) is 13.3. The van der Waals surface area contributed by atoms with Crippen LogP contribution in [0.15, 0.2) is 42.7 Å². The van der Waals surface area contributed by atoms with Crippen LogP contribution in [0.3, 0.4) is 0 Å². The number of halogens is 2. The van der Waals surface area contributed by atoms with Crippen LogP contribution < -0.4 is 15.2 Å². The number of hydrogen-bond donors (Lipinski definition) is 3. The zero-order valence-corrected chi connectivity index (χ0v) is 23.4. The Hall–Kier alpha value is -3.86. The predicted molar refractivity (Wildman–Crippen MR) is 151 cm³/mol. The quantitative estimate of drug-likeness (QED) is 0.245. The lowest BCUT2D eigenvalue weighted by Crippen LogP contribution is -2.22. The zero-order chi connectivity index (χ0) is 28.7. The number of hydrogen-bond acceptors (Lipinski definition) is 7. The number of carbonyl (C=O) groups is 2. The molecule has 2 aromatic heterocycles. The molecule has 0 fully saturated rings. The van der Waals surface area contributed by atoms with Gasteiger partial charge in [-0.3, -0.25) is 14.7 Å². The number of rotatable bonds is 9. The van der Waals surface area contributed by atoms with Crippen molar-refractivity contribution in [3.05, 3.63) is 69.9 Å². The largest absolute Gasteiger partial charge is 0.495 e. The van der Waals surface area contributed by atoms with Gasteiger partial charge in [-0.2, -0.15) is 0 Å². The van der Waals surface area contributed by atoms with E-state index >= 15 is 0 Å². The summed E-state index contributed by atoms with van der Waals surface area (Å²) >= 11 is 13.0. The van der Waals surface area contributed by atoms with Gasteiger partial charge in [-0.1, -0.05) is 49.2 Å². The van der Waals surface area contributed by atoms with Crippen LogP contribution >= 0.6 is 23.2 Å². The molecule has 0 radical (unpaired) electrons. The number of benzene rings is 2. The number of primary amides is 1. The molecule has 0 saturated carbocycles. The van der Waals surface area contributed by atoms with Gasteiger partial charge in [0.05, 0.1) is 41.0 Å². The lowest BCUT2D eigenvalue weighted by atomic mass is 9.97. The van der Waals surface area contributed by atoms with Crippen LogP contribution in [0.2, 0.25) is 10.0 Å². The van der Waals surface area contributed by atoms with Gasteiger partial charge in [0.25, 0.3) is 5.91 Å². The van der Waals surface area contributed by atoms with Gasteiger partial charge >= 0.3 is 5.97 Å². The summed E-state index contributed by atoms with van der Waals surface area (Å²) < 4.78 is 10.6. The molecule has 0 aliphatic carbocycles. The van der Waals surface area contributed by atoms with Crippen molar-refractivity contribution < 1.29 is 24.2 Å². The molecule has 4 N–H and O–H groups in total. The Morgan fingerprint density at radius 2 is 1.72 bits per heavy atom. The molecule has 39 heavy (non-hydrogen) atoms. The van der Waals surface area contributed by atoms with Crippen molar-refractivity contribution in [3.8, 4) is 22.6 Å². The summed E-state index contributed by atoms with van der Waals surface area (Å²) in [6.07, 6.45) is 3.26. The van der Waals surface area contributed by atoms with Gasteiger partial charge in [-0.05, 0) is 30.8 Å². The molecule has 4 rings (SSSR count). The maximum Gasteiger partial charge on any atom is 0.337 e. The molecule has 0 bridgehead atoms. The standard InChI is InChI=1S/C18H13Cl2NO4.C9H16N4O/c1-24-12-8-13(25-2)16(20)14(15(12)19)9-5-6-11(18(22)23)17-10(9)4-3-7-21-17;1-3-13(4-2)6-7-5-11-9(12-7)8(10)14/h3-8H,1-2H3,(H,22,23);5H,3-4,6H2,1-2H3,(H2,10,14)(H,11,12). The Bertz CT molecular complexity index is 1460. The normalized spacial score (nSPS) is 10.7. The lowest BCUT2D eigenvalue weighted by Gasteiger charge is -2.16. The van der Waals surface area contributed by atoms with E-state index in [4.69, 9.17) is 38.4 Å². The Labute approximate surface area is 235 Å². The molecule has 12 heteroatoms. The number of pyridine rings is 1. The molecule has 4 aromatic rings. The van der Waals surface area contributed by atoms with Crippen molar-refractivity contribution in [3.63, 3.8) is 0 Å². The number of nitrogens with two attached hydrogens (primary N) is 1. The number of amides is 1. The predicted octanol–water partition coefficient (Wildman–Crippen LogP) is 5.27. The van der Waals surface area contributed by atoms with E-state index in [1.807, 2.05) is 0 Å². The van der Waals surface area contributed by atoms with Crippen LogP contribution in [-0.4, -0.2) is 64.1 Å². The monoisotopic (exact) mass is 573 g/mol. The van der Waals surface area contributed by atoms with Gasteiger partial charge in [0.1, 0.15) is 11.5 Å². The van der Waals surface area contributed by atoms with E-state index in [9.17, 15) is 14.7 Å². The zero-order valence-electron chi connectivity index (χ0n) is 21.9. The van der Waals surface area contributed by atoms with Crippen LogP contribution in [0, 0.1) is 0 Å². The van der Waals surface area contributed by atoms with Crippen molar-refractivity contribution in [1.82, 2.24) is 19.9 Å². The summed E-state index contributed by atoms with van der Waals surface area (Å²) in [5.74, 6) is -0.548. The van der Waals surface area contributed by atoms with Crippen molar-refractivity contribution in [1.29, 1.82) is 0 Å². The van der Waals surface area contributed by atoms with Crippen molar-refractivity contribution in [2.75, 3.05) is 27.3 Å². The van der Waals surface area contributed by atoms with Crippen LogP contribution in [0.25, 0.3) is 22.0 Å². The highest BCUT2D eigenvalue weighted by Gasteiger charge is 2.22. The minimum absolute atomic E-state index is 0.0986. The van der Waals surface area contributed by atoms with Crippen LogP contribution in [0.5, 0.6) is 11.5 Å². The number of aromatic nitrogens is 3. The smallest absolute Gasteiger partial charge is 0.337 e. The molecule has 206 valence electrons. The number of carbonyl (C=O) groups excluding carboxylic acids is 1. The van der Waals surface area contributed by atoms with E-state index in [0.717, 1.165) is 25.3 Å². The summed E-state index contributed by atoms with van der Waals surface area (Å²) in [5.41, 5.74) is 7.51. The highest BCUT2D eigenvalue weighted by atomic mass is 35.5. The second-order valence-corrected chi connectivity index (χ2v) is 8.97. The second-order valence-electron chi connectivity index (χ2n) is 8.22. The van der Waals surface area contributed by atoms with Crippen LogP contribution in [0.4, 0.5) is 0 Å². The van der Waals surface area contributed by atoms with E-state index in [-0.39, 0.29) is 11.4 Å². The molecule has 2 aromatic carbocycles. The number of aromatic carboxylic acids is 1. The third-order valence-electron chi connectivity index (χ3n) is 5.99. The number of fused-ring (bicyclic) bond motifs is 1. The summed E-state index contributed by atoms with van der Waals surface area (Å²) in [6, 6.07) is 8.21. The maximum absolute atomic E-state index is 11.5. The van der Waals surface area contributed by atoms with E-state index in [1.54, 1.807) is 30.5 Å². The first kappa shape index (κ1) is 29.7. The Kier molecular flexibility index (Phi) is 10.1. The number of carboxylic acid groups (broad SMARTS) is 1. The summed E-state index contributed by atoms with van der Waals surface area (Å²) in [7, 11) is 2.98. The number of carboxylic acids is 1. The summed E-state index contributed by atoms with van der Waals surface area (Å²) in [5, 5.41) is 10.6. The summed E-state index contributed by atoms with van der Waals surface area (Å²) in [6.45, 7) is 6.86. The maximum atomic E-state index is 11.5. The first-order valence-electron chi connectivity index (χ1n) is 11.9. The number of ether oxygens (including phenoxy) is 2. The van der Waals surface area contributed by atoms with Crippen molar-refractivity contribution in [2.45, 2.75) is 20.4 Å². The molecular formula is C27H29Cl2N5O5. The van der Waals surface area contributed by atoms with Crippen molar-refractivity contribution in [2.24, 2.45) is 5.73 Å². The van der Waals surface area contributed by atoms with E-state index in [2.05, 4.69) is 33.7 Å². The van der Waals surface area contributed by atoms with E-state index < -0.39 is 11.9 Å².